The average Bonchev–Trinajstić information content (AvgIpc) is 3.39. The summed E-state index contributed by atoms with van der Waals surface area (Å²) in [5.74, 6) is 0.634. The fraction of sp³-hybridized carbons (Fsp3) is 0.0323. The molecule has 3 N–H and O–H groups in total. The summed E-state index contributed by atoms with van der Waals surface area (Å²) in [4.78, 5) is 30.7. The molecule has 0 radical (unpaired) electrons. The summed E-state index contributed by atoms with van der Waals surface area (Å²) in [6, 6.07) is 28.9. The van der Waals surface area contributed by atoms with E-state index in [4.69, 9.17) is 15.7 Å². The van der Waals surface area contributed by atoms with E-state index in [9.17, 15) is 10.1 Å². The Morgan fingerprint density at radius 2 is 1.75 bits per heavy atom. The molecule has 9 nitrogen and oxygen atoms in total. The number of hydrogen-bond acceptors (Lipinski definition) is 7. The van der Waals surface area contributed by atoms with Gasteiger partial charge in [-0.3, -0.25) is 14.3 Å². The highest BCUT2D eigenvalue weighted by atomic mass is 16.1. The third-order valence-corrected chi connectivity index (χ3v) is 6.49. The first-order valence-electron chi connectivity index (χ1n) is 12.5. The van der Waals surface area contributed by atoms with Gasteiger partial charge in [-0.25, -0.2) is 15.0 Å². The second kappa shape index (κ2) is 10.5. The van der Waals surface area contributed by atoms with Crippen molar-refractivity contribution in [3.05, 3.63) is 120 Å². The predicted molar refractivity (Wildman–Crippen MR) is 152 cm³/mol. The van der Waals surface area contributed by atoms with E-state index in [-0.39, 0.29) is 23.6 Å². The number of aromatic nitrogens is 5. The van der Waals surface area contributed by atoms with Crippen molar-refractivity contribution in [2.45, 2.75) is 6.54 Å². The van der Waals surface area contributed by atoms with Crippen LogP contribution in [-0.4, -0.2) is 30.4 Å². The monoisotopic (exact) mass is 522 g/mol. The second-order valence-electron chi connectivity index (χ2n) is 8.99. The first kappa shape index (κ1) is 24.5. The van der Waals surface area contributed by atoms with Crippen LogP contribution in [0.15, 0.2) is 104 Å². The molecule has 0 aliphatic heterocycles. The van der Waals surface area contributed by atoms with Gasteiger partial charge in [0.2, 0.25) is 0 Å². The quantitative estimate of drug-likeness (QED) is 0.317. The van der Waals surface area contributed by atoms with E-state index in [1.54, 1.807) is 6.20 Å². The molecule has 1 amide bonds. The Bertz CT molecular complexity index is 1890. The van der Waals surface area contributed by atoms with E-state index in [0.717, 1.165) is 28.0 Å². The summed E-state index contributed by atoms with van der Waals surface area (Å²) >= 11 is 0. The predicted octanol–water partition coefficient (Wildman–Crippen LogP) is 4.93. The molecule has 0 bridgehead atoms. The summed E-state index contributed by atoms with van der Waals surface area (Å²) in [5.41, 5.74) is 12.4. The molecule has 6 aromatic rings. The third kappa shape index (κ3) is 4.61. The van der Waals surface area contributed by atoms with Gasteiger partial charge in [-0.1, -0.05) is 42.5 Å². The number of nitrogens with zero attached hydrogens (tertiary/aromatic N) is 6. The van der Waals surface area contributed by atoms with Crippen molar-refractivity contribution in [1.82, 2.24) is 29.8 Å². The lowest BCUT2D eigenvalue weighted by Crippen LogP contribution is -2.23. The Labute approximate surface area is 229 Å². The Balaban J connectivity index is 1.37. The SMILES string of the molecule is N#Cc1ccncc1C(=O)NCc1ccc(-n2c(-c3cccnc3N)nc3ccc(-c4ccccc4)nc32)cc1. The lowest BCUT2D eigenvalue weighted by Gasteiger charge is -2.12. The smallest absolute Gasteiger partial charge is 0.254 e. The largest absolute Gasteiger partial charge is 0.383 e. The molecule has 0 spiro atoms. The molecule has 6 rings (SSSR count). The maximum Gasteiger partial charge on any atom is 0.254 e. The number of nitrogens with one attached hydrogen (secondary N) is 1. The molecule has 0 aliphatic carbocycles. The number of carbonyl (C=O) groups excluding carboxylic acids is 1. The number of imidazole rings is 1. The number of hydrogen-bond donors (Lipinski definition) is 2. The molecule has 40 heavy (non-hydrogen) atoms. The Morgan fingerprint density at radius 1 is 0.925 bits per heavy atom. The van der Waals surface area contributed by atoms with E-state index in [2.05, 4.69) is 15.3 Å². The Morgan fingerprint density at radius 3 is 2.52 bits per heavy atom. The van der Waals surface area contributed by atoms with Gasteiger partial charge in [0.05, 0.1) is 22.4 Å². The highest BCUT2D eigenvalue weighted by Crippen LogP contribution is 2.31. The number of anilines is 1. The second-order valence-corrected chi connectivity index (χ2v) is 8.99. The van der Waals surface area contributed by atoms with E-state index >= 15 is 0 Å². The van der Waals surface area contributed by atoms with Crippen LogP contribution in [0.2, 0.25) is 0 Å². The number of amides is 1. The van der Waals surface area contributed by atoms with Gasteiger partial charge in [-0.05, 0) is 48.0 Å². The average molecular weight is 523 g/mol. The lowest BCUT2D eigenvalue weighted by atomic mass is 10.1. The Hall–Kier alpha value is -5.88. The number of rotatable bonds is 6. The number of nitriles is 1. The molecule has 0 saturated carbocycles. The summed E-state index contributed by atoms with van der Waals surface area (Å²) in [6.45, 7) is 0.280. The van der Waals surface area contributed by atoms with Crippen molar-refractivity contribution in [2.75, 3.05) is 5.73 Å². The molecule has 0 aliphatic rings. The number of nitrogen functional groups attached to an aromatic ring is 1. The first-order chi connectivity index (χ1) is 19.6. The zero-order valence-corrected chi connectivity index (χ0v) is 21.2. The van der Waals surface area contributed by atoms with Crippen LogP contribution in [0.4, 0.5) is 5.82 Å². The summed E-state index contributed by atoms with van der Waals surface area (Å²) in [6.07, 6.45) is 4.52. The van der Waals surface area contributed by atoms with Crippen LogP contribution in [0.1, 0.15) is 21.5 Å². The van der Waals surface area contributed by atoms with Crippen LogP contribution in [-0.2, 0) is 6.54 Å². The Kier molecular flexibility index (Phi) is 6.40. The summed E-state index contributed by atoms with van der Waals surface area (Å²) in [7, 11) is 0. The number of nitrogens with two attached hydrogens (primary N) is 1. The van der Waals surface area contributed by atoms with Crippen molar-refractivity contribution in [2.24, 2.45) is 0 Å². The minimum atomic E-state index is -0.360. The van der Waals surface area contributed by atoms with Crippen molar-refractivity contribution < 1.29 is 4.79 Å². The molecule has 0 saturated heterocycles. The highest BCUT2D eigenvalue weighted by molar-refractivity contribution is 5.96. The van der Waals surface area contributed by atoms with Gasteiger partial charge < -0.3 is 11.1 Å². The van der Waals surface area contributed by atoms with Gasteiger partial charge >= 0.3 is 0 Å². The molecule has 0 fully saturated rings. The maximum absolute atomic E-state index is 12.6. The van der Waals surface area contributed by atoms with E-state index in [0.29, 0.717) is 22.9 Å². The van der Waals surface area contributed by atoms with E-state index in [1.807, 2.05) is 89.5 Å². The van der Waals surface area contributed by atoms with E-state index < -0.39 is 0 Å². The molecule has 4 heterocycles. The minimum absolute atomic E-state index is 0.241. The first-order valence-corrected chi connectivity index (χ1v) is 12.5. The molecular weight excluding hydrogens is 500 g/mol. The van der Waals surface area contributed by atoms with Gasteiger partial charge in [0.1, 0.15) is 17.4 Å². The van der Waals surface area contributed by atoms with Crippen molar-refractivity contribution in [1.29, 1.82) is 5.26 Å². The van der Waals surface area contributed by atoms with Crippen LogP contribution in [0.25, 0.3) is 39.5 Å². The van der Waals surface area contributed by atoms with Crippen LogP contribution in [0.5, 0.6) is 0 Å². The molecule has 192 valence electrons. The van der Waals surface area contributed by atoms with E-state index in [1.165, 1.54) is 18.5 Å². The summed E-state index contributed by atoms with van der Waals surface area (Å²) < 4.78 is 1.96. The zero-order valence-electron chi connectivity index (χ0n) is 21.2. The van der Waals surface area contributed by atoms with Crippen LogP contribution >= 0.6 is 0 Å². The topological polar surface area (TPSA) is 135 Å². The van der Waals surface area contributed by atoms with Gasteiger partial charge in [-0.15, -0.1) is 0 Å². The van der Waals surface area contributed by atoms with Crippen LogP contribution in [0.3, 0.4) is 0 Å². The number of benzene rings is 2. The zero-order chi connectivity index (χ0) is 27.5. The standard InChI is InChI=1S/C31H22N8O/c32-17-22-14-16-34-19-25(22)31(40)36-18-20-8-10-23(11-9-20)39-29(24-7-4-15-35-28(24)33)38-27-13-12-26(37-30(27)39)21-5-2-1-3-6-21/h1-16,19H,18H2,(H2,33,35)(H,36,40). The van der Waals surface area contributed by atoms with Crippen molar-refractivity contribution >= 4 is 22.9 Å². The van der Waals surface area contributed by atoms with Gasteiger partial charge in [0.15, 0.2) is 11.5 Å². The molecule has 0 unspecified atom stereocenters. The number of pyridine rings is 3. The maximum atomic E-state index is 12.6. The number of fused-ring (bicyclic) bond motifs is 1. The lowest BCUT2D eigenvalue weighted by molar-refractivity contribution is 0.0950. The minimum Gasteiger partial charge on any atom is -0.383 e. The highest BCUT2D eigenvalue weighted by Gasteiger charge is 2.19. The van der Waals surface area contributed by atoms with Crippen molar-refractivity contribution in [3.63, 3.8) is 0 Å². The van der Waals surface area contributed by atoms with Crippen LogP contribution < -0.4 is 11.1 Å². The summed E-state index contributed by atoms with van der Waals surface area (Å²) in [5, 5.41) is 12.1. The van der Waals surface area contributed by atoms with Gasteiger partial charge in [0, 0.05) is 36.4 Å². The normalized spacial score (nSPS) is 10.8. The van der Waals surface area contributed by atoms with Gasteiger partial charge in [0.25, 0.3) is 5.91 Å². The number of carbonyl (C=O) groups is 1. The fourth-order valence-corrected chi connectivity index (χ4v) is 4.47. The van der Waals surface area contributed by atoms with Crippen molar-refractivity contribution in [3.8, 4) is 34.4 Å². The molecule has 0 atom stereocenters. The molecule has 4 aromatic heterocycles. The third-order valence-electron chi connectivity index (χ3n) is 6.49. The molecule has 2 aromatic carbocycles. The molecular formula is C31H22N8O. The molecule has 9 heteroatoms. The van der Waals surface area contributed by atoms with Crippen LogP contribution in [0, 0.1) is 11.3 Å². The van der Waals surface area contributed by atoms with Gasteiger partial charge in [-0.2, -0.15) is 5.26 Å². The fourth-order valence-electron chi connectivity index (χ4n) is 4.47.